The molecule has 1 aromatic carbocycles. The number of carbonyl (C=O) groups excluding carboxylic acids is 1. The molecule has 4 aromatic rings. The van der Waals surface area contributed by atoms with Crippen LogP contribution in [0.4, 0.5) is 0 Å². The number of aromatic nitrogens is 4. The van der Waals surface area contributed by atoms with Gasteiger partial charge in [0.15, 0.2) is 0 Å². The molecular weight excluding hydrogens is 338 g/mol. The number of fused-ring (bicyclic) bond motifs is 2. The maximum absolute atomic E-state index is 12.8. The van der Waals surface area contributed by atoms with Gasteiger partial charge in [-0.05, 0) is 37.1 Å². The minimum Gasteiger partial charge on any atom is -0.342 e. The second-order valence-electron chi connectivity index (χ2n) is 7.19. The van der Waals surface area contributed by atoms with E-state index in [0.29, 0.717) is 13.0 Å². The summed E-state index contributed by atoms with van der Waals surface area (Å²) >= 11 is 0. The fraction of sp³-hybridized carbons (Fsp3) is 0.286. The van der Waals surface area contributed by atoms with Crippen molar-refractivity contribution >= 4 is 22.6 Å². The van der Waals surface area contributed by atoms with Crippen LogP contribution in [0.25, 0.3) is 16.7 Å². The molecule has 0 aliphatic carbocycles. The van der Waals surface area contributed by atoms with Gasteiger partial charge in [0, 0.05) is 31.4 Å². The Morgan fingerprint density at radius 3 is 2.93 bits per heavy atom. The number of aromatic amines is 1. The van der Waals surface area contributed by atoms with Crippen molar-refractivity contribution in [3.8, 4) is 0 Å². The number of nitrogens with zero attached hydrogens (tertiary/aromatic N) is 4. The molecule has 4 heterocycles. The lowest BCUT2D eigenvalue weighted by molar-refractivity contribution is -0.131. The number of rotatable bonds is 3. The lowest BCUT2D eigenvalue weighted by Gasteiger charge is -2.31. The van der Waals surface area contributed by atoms with Crippen molar-refractivity contribution in [3.05, 3.63) is 66.4 Å². The zero-order chi connectivity index (χ0) is 18.2. The van der Waals surface area contributed by atoms with Crippen molar-refractivity contribution < 1.29 is 4.79 Å². The topological polar surface area (TPSA) is 66.3 Å². The zero-order valence-electron chi connectivity index (χ0n) is 15.0. The van der Waals surface area contributed by atoms with Gasteiger partial charge in [0.1, 0.15) is 11.5 Å². The molecule has 27 heavy (non-hydrogen) atoms. The number of hydrogen-bond donors (Lipinski definition) is 1. The Morgan fingerprint density at radius 1 is 1.15 bits per heavy atom. The van der Waals surface area contributed by atoms with Crippen molar-refractivity contribution in [1.82, 2.24) is 24.3 Å². The van der Waals surface area contributed by atoms with Gasteiger partial charge in [0.25, 0.3) is 0 Å². The SMILES string of the molecule is O=C(Cc1cn2ccccc2n1)N1CCC[C@H](c2nc3ccccc3[nH]2)C1. The summed E-state index contributed by atoms with van der Waals surface area (Å²) in [5.74, 6) is 1.39. The van der Waals surface area contributed by atoms with Gasteiger partial charge in [0.2, 0.25) is 5.91 Å². The van der Waals surface area contributed by atoms with Crippen molar-refractivity contribution in [1.29, 1.82) is 0 Å². The molecule has 1 atom stereocenters. The van der Waals surface area contributed by atoms with Crippen LogP contribution in [0.1, 0.15) is 30.3 Å². The summed E-state index contributed by atoms with van der Waals surface area (Å²) in [6.07, 6.45) is 6.29. The standard InChI is InChI=1S/C21H21N5O/c27-20(12-16-14-25-10-4-3-9-19(25)22-16)26-11-5-6-15(13-26)21-23-17-7-1-2-8-18(17)24-21/h1-4,7-10,14-15H,5-6,11-13H2,(H,23,24)/t15-/m0/s1. The summed E-state index contributed by atoms with van der Waals surface area (Å²) in [5, 5.41) is 0. The van der Waals surface area contributed by atoms with Crippen molar-refractivity contribution in [2.24, 2.45) is 0 Å². The van der Waals surface area contributed by atoms with Gasteiger partial charge in [-0.1, -0.05) is 18.2 Å². The highest BCUT2D eigenvalue weighted by atomic mass is 16.2. The molecule has 0 unspecified atom stereocenters. The van der Waals surface area contributed by atoms with E-state index in [2.05, 4.69) is 9.97 Å². The Hall–Kier alpha value is -3.15. The number of imidazole rings is 2. The number of piperidine rings is 1. The van der Waals surface area contributed by atoms with Crippen LogP contribution in [0.2, 0.25) is 0 Å². The fourth-order valence-electron chi connectivity index (χ4n) is 3.93. The highest BCUT2D eigenvalue weighted by Crippen LogP contribution is 2.27. The molecule has 1 aliphatic rings. The van der Waals surface area contributed by atoms with E-state index in [9.17, 15) is 4.79 Å². The predicted molar refractivity (Wildman–Crippen MR) is 104 cm³/mol. The van der Waals surface area contributed by atoms with Crippen LogP contribution in [0.15, 0.2) is 54.9 Å². The van der Waals surface area contributed by atoms with E-state index in [1.165, 1.54) is 0 Å². The molecule has 1 saturated heterocycles. The van der Waals surface area contributed by atoms with Crippen LogP contribution >= 0.6 is 0 Å². The third-order valence-corrected chi connectivity index (χ3v) is 5.31. The quantitative estimate of drug-likeness (QED) is 0.611. The molecular formula is C21H21N5O. The maximum Gasteiger partial charge on any atom is 0.228 e. The first-order chi connectivity index (χ1) is 13.3. The monoisotopic (exact) mass is 359 g/mol. The van der Waals surface area contributed by atoms with Crippen LogP contribution in [0.5, 0.6) is 0 Å². The molecule has 3 aromatic heterocycles. The summed E-state index contributed by atoms with van der Waals surface area (Å²) in [6, 6.07) is 13.9. The number of pyridine rings is 1. The first kappa shape index (κ1) is 16.1. The van der Waals surface area contributed by atoms with Crippen molar-refractivity contribution in [3.63, 3.8) is 0 Å². The third-order valence-electron chi connectivity index (χ3n) is 5.31. The molecule has 6 nitrogen and oxygen atoms in total. The molecule has 0 spiro atoms. The van der Waals surface area contributed by atoms with Gasteiger partial charge in [-0.2, -0.15) is 0 Å². The van der Waals surface area contributed by atoms with E-state index in [4.69, 9.17) is 4.98 Å². The minimum atomic E-state index is 0.138. The summed E-state index contributed by atoms with van der Waals surface area (Å²) in [7, 11) is 0. The van der Waals surface area contributed by atoms with Gasteiger partial charge in [-0.15, -0.1) is 0 Å². The maximum atomic E-state index is 12.8. The molecule has 1 fully saturated rings. The van der Waals surface area contributed by atoms with Crippen LogP contribution in [-0.4, -0.2) is 43.2 Å². The van der Waals surface area contributed by atoms with E-state index in [-0.39, 0.29) is 11.8 Å². The summed E-state index contributed by atoms with van der Waals surface area (Å²) in [6.45, 7) is 1.52. The van der Waals surface area contributed by atoms with Gasteiger partial charge in [-0.25, -0.2) is 9.97 Å². The molecule has 0 radical (unpaired) electrons. The normalized spacial score (nSPS) is 17.6. The van der Waals surface area contributed by atoms with Crippen LogP contribution < -0.4 is 0 Å². The number of hydrogen-bond acceptors (Lipinski definition) is 3. The Morgan fingerprint density at radius 2 is 2.04 bits per heavy atom. The summed E-state index contributed by atoms with van der Waals surface area (Å²) < 4.78 is 1.95. The number of carbonyl (C=O) groups is 1. The second kappa shape index (κ2) is 6.54. The minimum absolute atomic E-state index is 0.138. The average molecular weight is 359 g/mol. The number of H-pyrrole nitrogens is 1. The number of amides is 1. The van der Waals surface area contributed by atoms with Gasteiger partial charge in [-0.3, -0.25) is 4.79 Å². The molecule has 136 valence electrons. The van der Waals surface area contributed by atoms with E-state index in [1.807, 2.05) is 64.2 Å². The number of benzene rings is 1. The van der Waals surface area contributed by atoms with E-state index in [1.54, 1.807) is 0 Å². The van der Waals surface area contributed by atoms with Crippen molar-refractivity contribution in [2.45, 2.75) is 25.2 Å². The molecule has 6 heteroatoms. The molecule has 1 aliphatic heterocycles. The van der Waals surface area contributed by atoms with E-state index >= 15 is 0 Å². The fourth-order valence-corrected chi connectivity index (χ4v) is 3.93. The van der Waals surface area contributed by atoms with Gasteiger partial charge < -0.3 is 14.3 Å². The Bertz CT molecular complexity index is 1050. The van der Waals surface area contributed by atoms with Crippen LogP contribution in [-0.2, 0) is 11.2 Å². The van der Waals surface area contributed by atoms with Crippen LogP contribution in [0, 0.1) is 0 Å². The summed E-state index contributed by atoms with van der Waals surface area (Å²) in [5.41, 5.74) is 3.73. The smallest absolute Gasteiger partial charge is 0.228 e. The molecule has 1 N–H and O–H groups in total. The molecule has 5 rings (SSSR count). The number of nitrogens with one attached hydrogen (secondary N) is 1. The first-order valence-electron chi connectivity index (χ1n) is 9.41. The lowest BCUT2D eigenvalue weighted by atomic mass is 9.97. The molecule has 0 bridgehead atoms. The average Bonchev–Trinajstić information content (AvgIpc) is 3.31. The largest absolute Gasteiger partial charge is 0.342 e. The Labute approximate surface area is 156 Å². The van der Waals surface area contributed by atoms with E-state index in [0.717, 1.165) is 47.6 Å². The lowest BCUT2D eigenvalue weighted by Crippen LogP contribution is -2.40. The van der Waals surface area contributed by atoms with Crippen molar-refractivity contribution in [2.75, 3.05) is 13.1 Å². The van der Waals surface area contributed by atoms with Gasteiger partial charge >= 0.3 is 0 Å². The highest BCUT2D eigenvalue weighted by Gasteiger charge is 2.27. The first-order valence-corrected chi connectivity index (χ1v) is 9.41. The van der Waals surface area contributed by atoms with Crippen LogP contribution in [0.3, 0.4) is 0 Å². The second-order valence-corrected chi connectivity index (χ2v) is 7.19. The van der Waals surface area contributed by atoms with E-state index < -0.39 is 0 Å². The van der Waals surface area contributed by atoms with Gasteiger partial charge in [0.05, 0.1) is 23.1 Å². The summed E-state index contributed by atoms with van der Waals surface area (Å²) in [4.78, 5) is 27.5. The number of para-hydroxylation sites is 2. The Balaban J connectivity index is 1.31. The molecule has 1 amide bonds. The predicted octanol–water partition coefficient (Wildman–Crippen LogP) is 3.16. The number of likely N-dealkylation sites (tertiary alicyclic amines) is 1. The zero-order valence-corrected chi connectivity index (χ0v) is 15.0. The highest BCUT2D eigenvalue weighted by molar-refractivity contribution is 5.79. The Kier molecular flexibility index (Phi) is 3.89. The third kappa shape index (κ3) is 3.07. The molecule has 0 saturated carbocycles.